The summed E-state index contributed by atoms with van der Waals surface area (Å²) in [5.74, 6) is 0. The second-order valence-electron chi connectivity index (χ2n) is 17.7. The van der Waals surface area contributed by atoms with Gasteiger partial charge in [-0.2, -0.15) is 0 Å². The van der Waals surface area contributed by atoms with Gasteiger partial charge in [-0.3, -0.25) is 0 Å². The molecule has 69 heavy (non-hydrogen) atoms. The number of rotatable bonds is 6. The van der Waals surface area contributed by atoms with Gasteiger partial charge in [0.25, 0.3) is 0 Å². The van der Waals surface area contributed by atoms with Crippen LogP contribution < -0.4 is 4.90 Å². The summed E-state index contributed by atoms with van der Waals surface area (Å²) >= 11 is 3.49. The average molecular weight is 949 g/mol. The van der Waals surface area contributed by atoms with E-state index in [1.807, 2.05) is 24.3 Å². The quantitative estimate of drug-likeness (QED) is 0.156. The van der Waals surface area contributed by atoms with E-state index in [-0.39, 0.29) is 0 Å². The molecule has 5 heteroatoms. The van der Waals surface area contributed by atoms with Crippen molar-refractivity contribution < 1.29 is 13.3 Å². The van der Waals surface area contributed by atoms with Crippen molar-refractivity contribution in [2.75, 3.05) is 4.90 Å². The molecular weight excluding hydrogens is 911 g/mol. The molecule has 0 unspecified atom stereocenters. The third-order valence-electron chi connectivity index (χ3n) is 13.8. The number of fused-ring (bicyclic) bond motifs is 3. The minimum Gasteiger partial charge on any atom is -0.456 e. The monoisotopic (exact) mass is 947 g/mol. The molecule has 0 aliphatic heterocycles. The predicted molar refractivity (Wildman–Crippen MR) is 291 cm³/mol. The molecule has 0 spiro atoms. The molecule has 12 aromatic carbocycles. The van der Waals surface area contributed by atoms with Crippen molar-refractivity contribution in [2.24, 2.45) is 0 Å². The lowest BCUT2D eigenvalue weighted by molar-refractivity contribution is 0.669. The molecule has 0 N–H and O–H groups in total. The van der Waals surface area contributed by atoms with Crippen molar-refractivity contribution in [3.05, 3.63) is 235 Å². The van der Waals surface area contributed by atoms with Gasteiger partial charge < -0.3 is 18.2 Å². The van der Waals surface area contributed by atoms with Crippen LogP contribution >= 0.6 is 15.9 Å². The van der Waals surface area contributed by atoms with Gasteiger partial charge >= 0.3 is 0 Å². The zero-order valence-corrected chi connectivity index (χ0v) is 38.6. The summed E-state index contributed by atoms with van der Waals surface area (Å²) in [5.41, 5.74) is 15.6. The molecule has 0 amide bonds. The number of furan rings is 3. The maximum atomic E-state index is 6.51. The van der Waals surface area contributed by atoms with Gasteiger partial charge in [-0.05, 0) is 123 Å². The number of hydrogen-bond acceptors (Lipinski definition) is 4. The Hall–Kier alpha value is -8.64. The number of anilines is 3. The standard InChI is InChI=1S/C44H27NO2.C20H11BrO/c1-2-7-28(8-3-1)29-15-20-33(21-16-29)45(35-24-26-38-37-10-4-5-11-39(37)46-41(38)27-35)34-22-17-30(18-23-34)36-25-19-32-14-13-31-9-6-12-40-42(31)43(32)44(36)47-40;21-15-9-6-12(7-10-15)16-11-8-14-5-4-13-2-1-3-17-18(13)19(14)20(16)22-17/h1-27H;1-11H. The second kappa shape index (κ2) is 15.7. The zero-order valence-electron chi connectivity index (χ0n) is 37.0. The molecule has 0 bridgehead atoms. The highest BCUT2D eigenvalue weighted by atomic mass is 79.9. The van der Waals surface area contributed by atoms with Crippen molar-refractivity contribution in [3.8, 4) is 33.4 Å². The molecule has 0 aliphatic carbocycles. The van der Waals surface area contributed by atoms with Crippen LogP contribution in [0.4, 0.5) is 17.1 Å². The van der Waals surface area contributed by atoms with Crippen LogP contribution in [0.1, 0.15) is 0 Å². The second-order valence-corrected chi connectivity index (χ2v) is 18.6. The number of hydrogen-bond donors (Lipinski definition) is 0. The average Bonchev–Trinajstić information content (AvgIpc) is 4.12. The number of para-hydroxylation sites is 1. The molecule has 0 fully saturated rings. The fraction of sp³-hybridized carbons (Fsp3) is 0. The third kappa shape index (κ3) is 6.50. The van der Waals surface area contributed by atoms with E-state index in [1.54, 1.807) is 0 Å². The van der Waals surface area contributed by atoms with E-state index in [9.17, 15) is 0 Å². The summed E-state index contributed by atoms with van der Waals surface area (Å²) in [7, 11) is 0. The van der Waals surface area contributed by atoms with Gasteiger partial charge in [-0.1, -0.05) is 162 Å². The van der Waals surface area contributed by atoms with Crippen LogP contribution in [0.15, 0.2) is 248 Å². The van der Waals surface area contributed by atoms with Crippen LogP contribution in [0.3, 0.4) is 0 Å². The van der Waals surface area contributed by atoms with Gasteiger partial charge in [0, 0.05) is 71.0 Å². The Bertz CT molecular complexity index is 4360. The highest BCUT2D eigenvalue weighted by Crippen LogP contribution is 2.45. The van der Waals surface area contributed by atoms with Gasteiger partial charge in [0.05, 0.1) is 0 Å². The highest BCUT2D eigenvalue weighted by molar-refractivity contribution is 9.10. The molecule has 3 heterocycles. The first-order valence-electron chi connectivity index (χ1n) is 23.2. The van der Waals surface area contributed by atoms with Crippen molar-refractivity contribution in [1.82, 2.24) is 0 Å². The SMILES string of the molecule is Brc1ccc(-c2ccc3ccc4cccc5oc2c3c45)cc1.c1ccc(-c2ccc(N(c3ccc(-c4ccc5ccc6cccc7oc4c5c67)cc3)c3ccc4c(c3)oc3ccccc34)cc2)cc1. The van der Waals surface area contributed by atoms with Crippen LogP contribution in [0.25, 0.3) is 121 Å². The highest BCUT2D eigenvalue weighted by Gasteiger charge is 2.20. The molecule has 0 saturated carbocycles. The van der Waals surface area contributed by atoms with Crippen LogP contribution in [0, 0.1) is 0 Å². The van der Waals surface area contributed by atoms with Gasteiger partial charge in [0.15, 0.2) is 0 Å². The Kier molecular flexibility index (Phi) is 9.01. The van der Waals surface area contributed by atoms with Crippen LogP contribution in [-0.4, -0.2) is 0 Å². The number of nitrogens with zero attached hydrogens (tertiary/aromatic N) is 1. The molecule has 4 nitrogen and oxygen atoms in total. The van der Waals surface area contributed by atoms with Gasteiger partial charge in [0.1, 0.15) is 33.5 Å². The van der Waals surface area contributed by atoms with E-state index in [2.05, 4.69) is 227 Å². The zero-order chi connectivity index (χ0) is 45.6. The topological polar surface area (TPSA) is 42.7 Å². The summed E-state index contributed by atoms with van der Waals surface area (Å²) in [6.45, 7) is 0. The van der Waals surface area contributed by atoms with Crippen LogP contribution in [0.2, 0.25) is 0 Å². The van der Waals surface area contributed by atoms with E-state index in [4.69, 9.17) is 13.3 Å². The Morgan fingerprint density at radius 1 is 0.290 bits per heavy atom. The number of benzene rings is 12. The van der Waals surface area contributed by atoms with Crippen molar-refractivity contribution in [1.29, 1.82) is 0 Å². The summed E-state index contributed by atoms with van der Waals surface area (Å²) in [4.78, 5) is 2.29. The minimum absolute atomic E-state index is 0.869. The largest absolute Gasteiger partial charge is 0.456 e. The molecule has 15 rings (SSSR count). The van der Waals surface area contributed by atoms with Crippen molar-refractivity contribution in [2.45, 2.75) is 0 Å². The first kappa shape index (κ1) is 39.5. The predicted octanol–water partition coefficient (Wildman–Crippen LogP) is 19.5. The molecule has 0 saturated heterocycles. The first-order chi connectivity index (χ1) is 34.1. The van der Waals surface area contributed by atoms with E-state index in [1.165, 1.54) is 59.8 Å². The fourth-order valence-electron chi connectivity index (χ4n) is 10.5. The van der Waals surface area contributed by atoms with E-state index in [0.29, 0.717) is 0 Å². The normalized spacial score (nSPS) is 11.8. The molecule has 0 atom stereocenters. The van der Waals surface area contributed by atoms with E-state index in [0.717, 1.165) is 82.5 Å². The molecule has 0 aliphatic rings. The lowest BCUT2D eigenvalue weighted by atomic mass is 9.97. The summed E-state index contributed by atoms with van der Waals surface area (Å²) in [6.07, 6.45) is 0. The maximum absolute atomic E-state index is 6.51. The van der Waals surface area contributed by atoms with Crippen LogP contribution in [-0.2, 0) is 0 Å². The summed E-state index contributed by atoms with van der Waals surface area (Å²) < 4.78 is 20.1. The Labute approximate surface area is 404 Å². The minimum atomic E-state index is 0.869. The molecule has 15 aromatic rings. The van der Waals surface area contributed by atoms with Crippen molar-refractivity contribution in [3.63, 3.8) is 0 Å². The Morgan fingerprint density at radius 2 is 0.739 bits per heavy atom. The van der Waals surface area contributed by atoms with Gasteiger partial charge in [-0.25, -0.2) is 0 Å². The molecule has 324 valence electrons. The lowest BCUT2D eigenvalue weighted by Gasteiger charge is -2.26. The van der Waals surface area contributed by atoms with E-state index < -0.39 is 0 Å². The van der Waals surface area contributed by atoms with Crippen LogP contribution in [0.5, 0.6) is 0 Å². The fourth-order valence-corrected chi connectivity index (χ4v) is 10.7. The summed E-state index contributed by atoms with van der Waals surface area (Å²) in [6, 6.07) is 81.1. The summed E-state index contributed by atoms with van der Waals surface area (Å²) in [5, 5.41) is 12.0. The first-order valence-corrected chi connectivity index (χ1v) is 23.9. The molecular formula is C64H38BrNO3. The Morgan fingerprint density at radius 3 is 1.33 bits per heavy atom. The smallest absolute Gasteiger partial charge is 0.143 e. The Balaban J connectivity index is 0.000000169. The molecule has 3 aromatic heterocycles. The number of halogens is 1. The molecule has 0 radical (unpaired) electrons. The lowest BCUT2D eigenvalue weighted by Crippen LogP contribution is -2.09. The van der Waals surface area contributed by atoms with E-state index >= 15 is 0 Å². The maximum Gasteiger partial charge on any atom is 0.143 e. The third-order valence-corrected chi connectivity index (χ3v) is 14.3. The van der Waals surface area contributed by atoms with Crippen molar-refractivity contribution >= 4 is 120 Å². The van der Waals surface area contributed by atoms with Gasteiger partial charge in [-0.15, -0.1) is 0 Å². The van der Waals surface area contributed by atoms with Gasteiger partial charge in [0.2, 0.25) is 0 Å².